The molecule has 116 valence electrons. The summed E-state index contributed by atoms with van der Waals surface area (Å²) in [5, 5.41) is 0.562. The monoisotopic (exact) mass is 309 g/mol. The lowest BCUT2D eigenvalue weighted by Gasteiger charge is -2.21. The highest BCUT2D eigenvalue weighted by molar-refractivity contribution is 7.13. The maximum atomic E-state index is 12.1. The number of thiazole rings is 1. The van der Waals surface area contributed by atoms with Crippen LogP contribution in [0.15, 0.2) is 0 Å². The fraction of sp³-hybridized carbons (Fsp3) is 0.667. The zero-order valence-electron chi connectivity index (χ0n) is 13.2. The van der Waals surface area contributed by atoms with E-state index in [0.717, 1.165) is 30.0 Å². The van der Waals surface area contributed by atoms with Crippen LogP contribution in [0.4, 0.5) is 0 Å². The Hall–Kier alpha value is -1.43. The molecule has 0 spiro atoms. The minimum Gasteiger partial charge on any atom is -0.343 e. The van der Waals surface area contributed by atoms with Crippen molar-refractivity contribution in [1.82, 2.24) is 14.8 Å². The van der Waals surface area contributed by atoms with Gasteiger partial charge in [-0.1, -0.05) is 13.8 Å². The van der Waals surface area contributed by atoms with Crippen molar-refractivity contribution in [1.29, 1.82) is 0 Å². The second-order valence-electron chi connectivity index (χ2n) is 6.07. The molecule has 0 saturated carbocycles. The first-order valence-corrected chi connectivity index (χ1v) is 8.18. The summed E-state index contributed by atoms with van der Waals surface area (Å²) in [6.45, 7) is 5.56. The third-order valence-electron chi connectivity index (χ3n) is 3.53. The third kappa shape index (κ3) is 3.81. The van der Waals surface area contributed by atoms with E-state index in [1.54, 1.807) is 19.0 Å². The van der Waals surface area contributed by atoms with E-state index in [0.29, 0.717) is 23.9 Å². The number of hydrogen-bond donors (Lipinski definition) is 0. The largest absolute Gasteiger partial charge is 0.343 e. The van der Waals surface area contributed by atoms with Crippen molar-refractivity contribution in [3.05, 3.63) is 15.6 Å². The summed E-state index contributed by atoms with van der Waals surface area (Å²) in [4.78, 5) is 33.2. The molecule has 1 aliphatic rings. The highest BCUT2D eigenvalue weighted by Crippen LogP contribution is 2.24. The van der Waals surface area contributed by atoms with Crippen molar-refractivity contribution in [2.24, 2.45) is 5.92 Å². The predicted molar refractivity (Wildman–Crippen MR) is 83.6 cm³/mol. The Morgan fingerprint density at radius 2 is 1.95 bits per heavy atom. The predicted octanol–water partition coefficient (Wildman–Crippen LogP) is 1.82. The number of hydrogen-bond acceptors (Lipinski definition) is 4. The number of fused-ring (bicyclic) bond motifs is 1. The van der Waals surface area contributed by atoms with Gasteiger partial charge in [0, 0.05) is 51.3 Å². The molecule has 2 rings (SSSR count). The molecular weight excluding hydrogens is 286 g/mol. The first-order chi connectivity index (χ1) is 9.88. The lowest BCUT2D eigenvalue weighted by Crippen LogP contribution is -2.34. The van der Waals surface area contributed by atoms with E-state index < -0.39 is 0 Å². The summed E-state index contributed by atoms with van der Waals surface area (Å²) >= 11 is 1.47. The van der Waals surface area contributed by atoms with Gasteiger partial charge in [-0.15, -0.1) is 11.3 Å². The molecule has 0 atom stereocenters. The van der Waals surface area contributed by atoms with E-state index in [-0.39, 0.29) is 11.8 Å². The van der Waals surface area contributed by atoms with Gasteiger partial charge in [-0.2, -0.15) is 0 Å². The number of amides is 2. The van der Waals surface area contributed by atoms with Crippen molar-refractivity contribution in [2.75, 3.05) is 27.2 Å². The SMILES string of the molecule is CC(C)CC(=O)N1CCc2nc(C(=O)N(C)C)sc2CC1. The van der Waals surface area contributed by atoms with Crippen LogP contribution >= 0.6 is 11.3 Å². The zero-order valence-corrected chi connectivity index (χ0v) is 14.0. The van der Waals surface area contributed by atoms with Crippen LogP contribution in [0.2, 0.25) is 0 Å². The van der Waals surface area contributed by atoms with Gasteiger partial charge in [0.15, 0.2) is 5.01 Å². The molecule has 0 aromatic carbocycles. The van der Waals surface area contributed by atoms with Gasteiger partial charge in [0.2, 0.25) is 5.91 Å². The van der Waals surface area contributed by atoms with Crippen LogP contribution < -0.4 is 0 Å². The Kier molecular flexibility index (Phi) is 4.98. The van der Waals surface area contributed by atoms with E-state index in [1.165, 1.54) is 11.3 Å². The molecule has 0 saturated heterocycles. The number of rotatable bonds is 3. The number of carbonyl (C=O) groups is 2. The Labute approximate surface area is 130 Å². The average molecular weight is 309 g/mol. The number of nitrogens with zero attached hydrogens (tertiary/aromatic N) is 3. The van der Waals surface area contributed by atoms with Crippen LogP contribution in [0.1, 0.15) is 40.6 Å². The van der Waals surface area contributed by atoms with E-state index in [1.807, 2.05) is 4.90 Å². The fourth-order valence-electron chi connectivity index (χ4n) is 2.37. The Bertz CT molecular complexity index is 512. The highest BCUT2D eigenvalue weighted by atomic mass is 32.1. The maximum Gasteiger partial charge on any atom is 0.282 e. The van der Waals surface area contributed by atoms with Crippen LogP contribution in [0, 0.1) is 5.92 Å². The van der Waals surface area contributed by atoms with Crippen molar-refractivity contribution in [3.8, 4) is 0 Å². The van der Waals surface area contributed by atoms with Gasteiger partial charge in [-0.3, -0.25) is 9.59 Å². The second kappa shape index (κ2) is 6.56. The van der Waals surface area contributed by atoms with Crippen LogP contribution in [-0.2, 0) is 17.6 Å². The van der Waals surface area contributed by atoms with E-state index in [2.05, 4.69) is 18.8 Å². The standard InChI is InChI=1S/C15H23N3O2S/c1-10(2)9-13(19)18-7-5-11-12(6-8-18)21-14(16-11)15(20)17(3)4/h10H,5-9H2,1-4H3. The molecule has 0 aliphatic carbocycles. The van der Waals surface area contributed by atoms with E-state index in [9.17, 15) is 9.59 Å². The molecule has 0 fully saturated rings. The molecular formula is C15H23N3O2S. The Morgan fingerprint density at radius 1 is 1.29 bits per heavy atom. The van der Waals surface area contributed by atoms with Gasteiger partial charge < -0.3 is 9.80 Å². The molecule has 0 unspecified atom stereocenters. The van der Waals surface area contributed by atoms with Gasteiger partial charge in [0.05, 0.1) is 5.69 Å². The summed E-state index contributed by atoms with van der Waals surface area (Å²) in [5.74, 6) is 0.572. The molecule has 0 bridgehead atoms. The topological polar surface area (TPSA) is 53.5 Å². The molecule has 1 aromatic rings. The van der Waals surface area contributed by atoms with Crippen LogP contribution in [0.3, 0.4) is 0 Å². The summed E-state index contributed by atoms with van der Waals surface area (Å²) in [6.07, 6.45) is 2.15. The molecule has 2 amide bonds. The van der Waals surface area contributed by atoms with Crippen LogP contribution in [0.5, 0.6) is 0 Å². The van der Waals surface area contributed by atoms with Crippen molar-refractivity contribution < 1.29 is 9.59 Å². The minimum absolute atomic E-state index is 0.0409. The minimum atomic E-state index is -0.0409. The molecule has 2 heterocycles. The Morgan fingerprint density at radius 3 is 2.57 bits per heavy atom. The van der Waals surface area contributed by atoms with Crippen molar-refractivity contribution in [2.45, 2.75) is 33.1 Å². The normalized spacial score (nSPS) is 14.8. The smallest absolute Gasteiger partial charge is 0.282 e. The summed E-state index contributed by atoms with van der Waals surface area (Å²) in [6, 6.07) is 0. The lowest BCUT2D eigenvalue weighted by atomic mass is 10.1. The number of aromatic nitrogens is 1. The summed E-state index contributed by atoms with van der Waals surface area (Å²) in [7, 11) is 3.47. The van der Waals surface area contributed by atoms with E-state index in [4.69, 9.17) is 0 Å². The molecule has 5 nitrogen and oxygen atoms in total. The third-order valence-corrected chi connectivity index (χ3v) is 4.68. The van der Waals surface area contributed by atoms with Gasteiger partial charge in [0.1, 0.15) is 0 Å². The molecule has 6 heteroatoms. The van der Waals surface area contributed by atoms with Gasteiger partial charge in [-0.05, 0) is 5.92 Å². The lowest BCUT2D eigenvalue weighted by molar-refractivity contribution is -0.131. The van der Waals surface area contributed by atoms with Gasteiger partial charge >= 0.3 is 0 Å². The molecule has 1 aromatic heterocycles. The first kappa shape index (κ1) is 15.9. The average Bonchev–Trinajstić information content (AvgIpc) is 2.70. The molecule has 21 heavy (non-hydrogen) atoms. The highest BCUT2D eigenvalue weighted by Gasteiger charge is 2.23. The van der Waals surface area contributed by atoms with Crippen LogP contribution in [-0.4, -0.2) is 53.8 Å². The second-order valence-corrected chi connectivity index (χ2v) is 7.15. The first-order valence-electron chi connectivity index (χ1n) is 7.36. The summed E-state index contributed by atoms with van der Waals surface area (Å²) < 4.78 is 0. The van der Waals surface area contributed by atoms with Gasteiger partial charge in [-0.25, -0.2) is 4.98 Å². The van der Waals surface area contributed by atoms with Crippen molar-refractivity contribution >= 4 is 23.2 Å². The Balaban J connectivity index is 2.05. The fourth-order valence-corrected chi connectivity index (χ4v) is 3.49. The van der Waals surface area contributed by atoms with Gasteiger partial charge in [0.25, 0.3) is 5.91 Å². The molecule has 0 radical (unpaired) electrons. The zero-order chi connectivity index (χ0) is 15.6. The maximum absolute atomic E-state index is 12.1. The van der Waals surface area contributed by atoms with Crippen LogP contribution in [0.25, 0.3) is 0 Å². The molecule has 1 aliphatic heterocycles. The summed E-state index contributed by atoms with van der Waals surface area (Å²) in [5.41, 5.74) is 0.991. The molecule has 0 N–H and O–H groups in total. The quantitative estimate of drug-likeness (QED) is 0.856. The van der Waals surface area contributed by atoms with E-state index >= 15 is 0 Å². The van der Waals surface area contributed by atoms with Crippen molar-refractivity contribution in [3.63, 3.8) is 0 Å². The number of carbonyl (C=O) groups excluding carboxylic acids is 2.